The smallest absolute Gasteiger partial charge is 0.324 e. The maximum absolute atomic E-state index is 13.1. The van der Waals surface area contributed by atoms with E-state index in [2.05, 4.69) is 10.6 Å². The largest absolute Gasteiger partial charge is 0.325 e. The maximum Gasteiger partial charge on any atom is 0.325 e. The summed E-state index contributed by atoms with van der Waals surface area (Å²) in [5.41, 5.74) is 1.23. The second-order valence-corrected chi connectivity index (χ2v) is 11.2. The first-order valence-corrected chi connectivity index (χ1v) is 13.1. The first kappa shape index (κ1) is 24.9. The number of piperidine rings is 1. The van der Waals surface area contributed by atoms with Crippen molar-refractivity contribution in [1.82, 2.24) is 14.5 Å². The van der Waals surface area contributed by atoms with Crippen LogP contribution in [0, 0.1) is 13.8 Å². The molecule has 0 aromatic heterocycles. The molecule has 4 rings (SSSR count). The molecule has 1 atom stereocenters. The van der Waals surface area contributed by atoms with Crippen LogP contribution in [-0.2, 0) is 25.2 Å². The van der Waals surface area contributed by atoms with E-state index < -0.39 is 40.0 Å². The lowest BCUT2D eigenvalue weighted by atomic mass is 9.91. The minimum atomic E-state index is -3.69. The van der Waals surface area contributed by atoms with E-state index >= 15 is 0 Å². The van der Waals surface area contributed by atoms with E-state index in [0.29, 0.717) is 24.2 Å². The van der Waals surface area contributed by atoms with Crippen LogP contribution >= 0.6 is 0 Å². The van der Waals surface area contributed by atoms with Crippen LogP contribution in [0.5, 0.6) is 0 Å². The highest BCUT2D eigenvalue weighted by molar-refractivity contribution is 7.89. The van der Waals surface area contributed by atoms with Gasteiger partial charge in [0.15, 0.2) is 0 Å². The number of amides is 4. The van der Waals surface area contributed by atoms with Crippen LogP contribution < -0.4 is 10.6 Å². The van der Waals surface area contributed by atoms with Gasteiger partial charge in [-0.1, -0.05) is 42.3 Å². The molecular formula is C25H30N4O5S. The minimum Gasteiger partial charge on any atom is -0.324 e. The second kappa shape index (κ2) is 9.43. The molecule has 10 heteroatoms. The Morgan fingerprint density at radius 2 is 1.69 bits per heavy atom. The summed E-state index contributed by atoms with van der Waals surface area (Å²) in [6.07, 6.45) is 2.65. The Labute approximate surface area is 205 Å². The predicted octanol–water partition coefficient (Wildman–Crippen LogP) is 2.88. The van der Waals surface area contributed by atoms with E-state index in [9.17, 15) is 22.8 Å². The number of rotatable bonds is 6. The number of nitrogens with one attached hydrogen (secondary N) is 2. The van der Waals surface area contributed by atoms with Crippen LogP contribution in [0.15, 0.2) is 47.4 Å². The van der Waals surface area contributed by atoms with Crippen molar-refractivity contribution in [3.63, 3.8) is 0 Å². The minimum absolute atomic E-state index is 0.138. The van der Waals surface area contributed by atoms with Crippen LogP contribution in [0.4, 0.5) is 10.5 Å². The molecule has 0 bridgehead atoms. The van der Waals surface area contributed by atoms with Crippen molar-refractivity contribution >= 4 is 33.6 Å². The number of anilines is 1. The van der Waals surface area contributed by atoms with Crippen LogP contribution in [-0.4, -0.2) is 55.1 Å². The van der Waals surface area contributed by atoms with Crippen molar-refractivity contribution in [2.75, 3.05) is 25.0 Å². The molecule has 4 amide bonds. The number of aryl methyl sites for hydroxylation is 2. The van der Waals surface area contributed by atoms with Gasteiger partial charge in [-0.3, -0.25) is 14.5 Å². The lowest BCUT2D eigenvalue weighted by Crippen LogP contribution is -2.42. The van der Waals surface area contributed by atoms with Gasteiger partial charge in [0, 0.05) is 18.8 Å². The third kappa shape index (κ3) is 4.81. The van der Waals surface area contributed by atoms with Crippen molar-refractivity contribution in [3.8, 4) is 0 Å². The summed E-state index contributed by atoms with van der Waals surface area (Å²) in [6.45, 7) is 5.70. The lowest BCUT2D eigenvalue weighted by Gasteiger charge is -2.26. The summed E-state index contributed by atoms with van der Waals surface area (Å²) in [5.74, 6) is -1.13. The Hall–Kier alpha value is -3.24. The average molecular weight is 499 g/mol. The normalized spacial score (nSPS) is 21.2. The molecule has 2 aliphatic heterocycles. The number of carbonyl (C=O) groups is 3. The van der Waals surface area contributed by atoms with Crippen molar-refractivity contribution in [2.45, 2.75) is 50.5 Å². The van der Waals surface area contributed by atoms with Gasteiger partial charge in [0.1, 0.15) is 12.1 Å². The number of imide groups is 1. The van der Waals surface area contributed by atoms with Crippen LogP contribution in [0.3, 0.4) is 0 Å². The van der Waals surface area contributed by atoms with E-state index in [1.54, 1.807) is 38.1 Å². The summed E-state index contributed by atoms with van der Waals surface area (Å²) in [4.78, 5) is 39.4. The number of sulfonamides is 1. The van der Waals surface area contributed by atoms with Crippen LogP contribution in [0.25, 0.3) is 0 Å². The topological polar surface area (TPSA) is 116 Å². The third-order valence-corrected chi connectivity index (χ3v) is 8.65. The molecule has 0 saturated carbocycles. The molecule has 0 unspecified atom stereocenters. The van der Waals surface area contributed by atoms with Crippen LogP contribution in [0.1, 0.15) is 42.9 Å². The number of hydrogen-bond donors (Lipinski definition) is 2. The van der Waals surface area contributed by atoms with Gasteiger partial charge in [0.2, 0.25) is 15.9 Å². The zero-order valence-corrected chi connectivity index (χ0v) is 20.9. The Balaban J connectivity index is 1.49. The van der Waals surface area contributed by atoms with E-state index in [0.717, 1.165) is 29.7 Å². The molecule has 9 nitrogen and oxygen atoms in total. The number of nitrogens with zero attached hydrogens (tertiary/aromatic N) is 2. The molecule has 2 heterocycles. The molecule has 2 aromatic carbocycles. The molecule has 2 aromatic rings. The molecule has 2 aliphatic rings. The van der Waals surface area contributed by atoms with Gasteiger partial charge < -0.3 is 10.6 Å². The number of benzene rings is 2. The second-order valence-electron chi connectivity index (χ2n) is 9.31. The molecule has 35 heavy (non-hydrogen) atoms. The molecule has 186 valence electrons. The van der Waals surface area contributed by atoms with E-state index in [4.69, 9.17) is 0 Å². The Morgan fingerprint density at radius 3 is 2.34 bits per heavy atom. The summed E-state index contributed by atoms with van der Waals surface area (Å²) >= 11 is 0. The zero-order chi connectivity index (χ0) is 25.4. The SMILES string of the molecule is Cc1ccc([C@]2(C)NC(=O)N(CC(=O)Nc3ccc(C)c(S(=O)(=O)N4CCCCC4)c3)C2=O)cc1. The standard InChI is InChI=1S/C25H30N4O5S/c1-17-7-10-19(11-8-17)25(3)23(31)29(24(32)27-25)16-22(30)26-20-12-9-18(2)21(15-20)35(33,34)28-13-5-4-6-14-28/h7-12,15H,4-6,13-14,16H2,1-3H3,(H,26,30)(H,27,32)/t25-/m0/s1. The predicted molar refractivity (Wildman–Crippen MR) is 131 cm³/mol. The molecular weight excluding hydrogens is 468 g/mol. The van der Waals surface area contributed by atoms with Gasteiger partial charge in [-0.25, -0.2) is 13.2 Å². The molecule has 2 N–H and O–H groups in total. The Kier molecular flexibility index (Phi) is 6.70. The molecule has 2 saturated heterocycles. The quantitative estimate of drug-likeness (QED) is 0.594. The van der Waals surface area contributed by atoms with Gasteiger partial charge in [-0.2, -0.15) is 4.31 Å². The van der Waals surface area contributed by atoms with Crippen molar-refractivity contribution in [1.29, 1.82) is 0 Å². The van der Waals surface area contributed by atoms with E-state index in [1.165, 1.54) is 10.4 Å². The first-order valence-electron chi connectivity index (χ1n) is 11.6. The maximum atomic E-state index is 13.1. The third-order valence-electron chi connectivity index (χ3n) is 6.61. The van der Waals surface area contributed by atoms with Gasteiger partial charge >= 0.3 is 6.03 Å². The molecule has 2 fully saturated rings. The summed E-state index contributed by atoms with van der Waals surface area (Å²) in [7, 11) is -3.69. The zero-order valence-electron chi connectivity index (χ0n) is 20.1. The Morgan fingerprint density at radius 1 is 1.03 bits per heavy atom. The molecule has 0 spiro atoms. The fourth-order valence-electron chi connectivity index (χ4n) is 4.47. The highest BCUT2D eigenvalue weighted by Crippen LogP contribution is 2.29. The van der Waals surface area contributed by atoms with Gasteiger partial charge in [0.25, 0.3) is 5.91 Å². The number of urea groups is 1. The number of carbonyl (C=O) groups excluding carboxylic acids is 3. The highest BCUT2D eigenvalue weighted by Gasteiger charge is 2.49. The van der Waals surface area contributed by atoms with Gasteiger partial charge in [-0.15, -0.1) is 0 Å². The van der Waals surface area contributed by atoms with Crippen molar-refractivity contribution < 1.29 is 22.8 Å². The van der Waals surface area contributed by atoms with Gasteiger partial charge in [0.05, 0.1) is 4.90 Å². The van der Waals surface area contributed by atoms with E-state index in [1.807, 2.05) is 19.1 Å². The monoisotopic (exact) mass is 498 g/mol. The Bertz CT molecular complexity index is 1270. The fourth-order valence-corrected chi connectivity index (χ4v) is 6.24. The van der Waals surface area contributed by atoms with Crippen molar-refractivity contribution in [3.05, 3.63) is 59.2 Å². The summed E-state index contributed by atoms with van der Waals surface area (Å²) in [6, 6.07) is 11.2. The number of hydrogen-bond acceptors (Lipinski definition) is 5. The molecule has 0 aliphatic carbocycles. The first-order chi connectivity index (χ1) is 16.5. The summed E-state index contributed by atoms with van der Waals surface area (Å²) < 4.78 is 27.8. The van der Waals surface area contributed by atoms with Crippen LogP contribution in [0.2, 0.25) is 0 Å². The highest BCUT2D eigenvalue weighted by atomic mass is 32.2. The molecule has 0 radical (unpaired) electrons. The summed E-state index contributed by atoms with van der Waals surface area (Å²) in [5, 5.41) is 5.31. The average Bonchev–Trinajstić information content (AvgIpc) is 3.05. The van der Waals surface area contributed by atoms with Crippen molar-refractivity contribution in [2.24, 2.45) is 0 Å². The lowest BCUT2D eigenvalue weighted by molar-refractivity contribution is -0.133. The van der Waals surface area contributed by atoms with E-state index in [-0.39, 0.29) is 10.6 Å². The fraction of sp³-hybridized carbons (Fsp3) is 0.400. The van der Waals surface area contributed by atoms with Gasteiger partial charge in [-0.05, 0) is 56.9 Å².